The van der Waals surface area contributed by atoms with Crippen molar-refractivity contribution >= 4 is 43.9 Å². The van der Waals surface area contributed by atoms with Crippen LogP contribution in [-0.2, 0) is 12.4 Å². The Bertz CT molecular complexity index is 2170. The number of aliphatic hydroxyl groups is 1. The zero-order valence-corrected chi connectivity index (χ0v) is 26.6. The molecule has 3 nitrogen and oxygen atoms in total. The quantitative estimate of drug-likeness (QED) is 0.0645. The van der Waals surface area contributed by atoms with Crippen molar-refractivity contribution in [2.45, 2.75) is 18.8 Å². The number of carbonyl (C=O) groups excluding carboxylic acids is 1. The maximum Gasteiger partial charge on any atom is 0.416 e. The standard InChI is InChI=1S/C39H29F6NO2S/c40-38(41,42)30-14-8-24(9-15-30)32-6-1-4-26-22-28(12-18-34(26)32)36(47)46-20-3-21-49-37(48)29-13-19-35-27(23-29)5-2-7-33(35)25-10-16-31(17-11-25)39(43,44)45/h1-2,4-19,22-23,48-49H,3,20-21H2,(H,46,47). The van der Waals surface area contributed by atoms with Crippen LogP contribution in [0, 0.1) is 0 Å². The Balaban J connectivity index is 1.06. The smallest absolute Gasteiger partial charge is 0.355 e. The molecule has 0 heterocycles. The van der Waals surface area contributed by atoms with E-state index in [1.165, 1.54) is 24.3 Å². The monoisotopic (exact) mass is 689 g/mol. The van der Waals surface area contributed by atoms with Crippen molar-refractivity contribution in [3.05, 3.63) is 144 Å². The highest BCUT2D eigenvalue weighted by Gasteiger charge is 2.31. The van der Waals surface area contributed by atoms with Crippen LogP contribution in [0.5, 0.6) is 0 Å². The Kier molecular flexibility index (Phi) is 9.63. The van der Waals surface area contributed by atoms with Crippen molar-refractivity contribution < 1.29 is 36.2 Å². The third kappa shape index (κ3) is 7.71. The van der Waals surface area contributed by atoms with Crippen molar-refractivity contribution in [2.75, 3.05) is 12.3 Å². The third-order valence-corrected chi connectivity index (χ3v) is 9.31. The van der Waals surface area contributed by atoms with Crippen LogP contribution < -0.4 is 5.32 Å². The van der Waals surface area contributed by atoms with E-state index in [1.54, 1.807) is 30.3 Å². The number of rotatable bonds is 8. The van der Waals surface area contributed by atoms with Gasteiger partial charge in [0.25, 0.3) is 5.91 Å². The molecule has 0 saturated heterocycles. The van der Waals surface area contributed by atoms with Crippen molar-refractivity contribution in [3.8, 4) is 22.3 Å². The SMILES string of the molecule is O=C(NCCC[SH]=C(O)c1ccc2c(-c3ccc(C(F)(F)F)cc3)cccc2c1)c1ccc2c(-c3ccc(C(F)(F)F)cc3)cccc2c1. The fourth-order valence-corrected chi connectivity index (χ4v) is 6.54. The maximum absolute atomic E-state index is 13.0. The number of thiol groups is 1. The molecule has 0 unspecified atom stereocenters. The minimum absolute atomic E-state index is 0.173. The summed E-state index contributed by atoms with van der Waals surface area (Å²) in [5, 5.41) is 17.1. The van der Waals surface area contributed by atoms with Crippen LogP contribution in [-0.4, -0.2) is 28.4 Å². The van der Waals surface area contributed by atoms with Gasteiger partial charge in [0.05, 0.1) is 11.1 Å². The number of halogens is 6. The number of aliphatic hydroxyl groups excluding tert-OH is 1. The predicted octanol–water partition coefficient (Wildman–Crippen LogP) is 10.7. The van der Waals surface area contributed by atoms with Crippen molar-refractivity contribution in [1.29, 1.82) is 0 Å². The molecule has 0 aliphatic rings. The summed E-state index contributed by atoms with van der Waals surface area (Å²) < 4.78 is 78.0. The zero-order chi connectivity index (χ0) is 34.8. The molecule has 0 radical (unpaired) electrons. The lowest BCUT2D eigenvalue weighted by Crippen LogP contribution is -2.24. The van der Waals surface area contributed by atoms with E-state index in [4.69, 9.17) is 0 Å². The van der Waals surface area contributed by atoms with Crippen LogP contribution in [0.2, 0.25) is 0 Å². The third-order valence-electron chi connectivity index (χ3n) is 8.21. The average Bonchev–Trinajstić information content (AvgIpc) is 3.09. The van der Waals surface area contributed by atoms with Gasteiger partial charge in [0.15, 0.2) is 0 Å². The normalized spacial score (nSPS) is 12.6. The molecule has 250 valence electrons. The van der Waals surface area contributed by atoms with Crippen LogP contribution in [0.25, 0.3) is 43.8 Å². The molecule has 0 aliphatic heterocycles. The van der Waals surface area contributed by atoms with Gasteiger partial charge in [-0.15, -0.1) is 0 Å². The predicted molar refractivity (Wildman–Crippen MR) is 186 cm³/mol. The lowest BCUT2D eigenvalue weighted by Gasteiger charge is -2.11. The van der Waals surface area contributed by atoms with Gasteiger partial charge in [-0.1, -0.05) is 78.9 Å². The molecule has 6 aromatic rings. The van der Waals surface area contributed by atoms with Crippen LogP contribution >= 0.6 is 11.4 Å². The Labute approximate surface area is 281 Å². The second-order valence-corrected chi connectivity index (χ2v) is 12.6. The minimum Gasteiger partial charge on any atom is -0.355 e. The van der Waals surface area contributed by atoms with E-state index >= 15 is 0 Å². The lowest BCUT2D eigenvalue weighted by atomic mass is 9.96. The van der Waals surface area contributed by atoms with Crippen LogP contribution in [0.4, 0.5) is 26.3 Å². The Morgan fingerprint density at radius 3 is 1.57 bits per heavy atom. The second kappa shape index (κ2) is 13.9. The molecule has 10 heteroatoms. The van der Waals surface area contributed by atoms with Gasteiger partial charge in [-0.2, -0.15) is 37.7 Å². The summed E-state index contributed by atoms with van der Waals surface area (Å²) in [5.41, 5.74) is 2.52. The average molecular weight is 690 g/mol. The highest BCUT2D eigenvalue weighted by Crippen LogP contribution is 2.35. The highest BCUT2D eigenvalue weighted by molar-refractivity contribution is 7.98. The number of amides is 1. The van der Waals surface area contributed by atoms with Crippen molar-refractivity contribution in [3.63, 3.8) is 0 Å². The molecule has 6 rings (SSSR count). The first-order valence-corrected chi connectivity index (χ1v) is 16.4. The summed E-state index contributed by atoms with van der Waals surface area (Å²) >= 11 is 0.676. The highest BCUT2D eigenvalue weighted by atomic mass is 32.1. The van der Waals surface area contributed by atoms with Crippen molar-refractivity contribution in [1.82, 2.24) is 5.32 Å². The number of fused-ring (bicyclic) bond motifs is 2. The van der Waals surface area contributed by atoms with Gasteiger partial charge >= 0.3 is 12.4 Å². The van der Waals surface area contributed by atoms with Crippen LogP contribution in [0.3, 0.4) is 0 Å². The molecular weight excluding hydrogens is 660 g/mol. The Hall–Kier alpha value is -4.93. The number of carbonyl (C=O) groups is 1. The van der Waals surface area contributed by atoms with E-state index in [0.29, 0.717) is 52.3 Å². The van der Waals surface area contributed by atoms with Gasteiger partial charge in [-0.05, 0) is 98.4 Å². The molecule has 0 bridgehead atoms. The summed E-state index contributed by atoms with van der Waals surface area (Å²) in [4.78, 5) is 12.9. The summed E-state index contributed by atoms with van der Waals surface area (Å²) in [5.74, 6) is 0.328. The molecule has 49 heavy (non-hydrogen) atoms. The number of nitrogens with one attached hydrogen (secondary N) is 1. The van der Waals surface area contributed by atoms with Gasteiger partial charge in [0, 0.05) is 17.7 Å². The van der Waals surface area contributed by atoms with Gasteiger partial charge in [0.2, 0.25) is 0 Å². The zero-order valence-electron chi connectivity index (χ0n) is 25.7. The molecule has 0 fully saturated rings. The lowest BCUT2D eigenvalue weighted by molar-refractivity contribution is -0.138. The van der Waals surface area contributed by atoms with E-state index in [9.17, 15) is 36.2 Å². The first-order chi connectivity index (χ1) is 23.4. The molecule has 0 atom stereocenters. The van der Waals surface area contributed by atoms with Gasteiger partial charge in [0.1, 0.15) is 5.05 Å². The molecular formula is C39H29F6NO2S. The van der Waals surface area contributed by atoms with E-state index in [2.05, 4.69) is 5.32 Å². The van der Waals surface area contributed by atoms with E-state index in [1.807, 2.05) is 42.5 Å². The summed E-state index contributed by atoms with van der Waals surface area (Å²) in [6, 6.07) is 31.8. The number of hydrogen-bond acceptors (Lipinski definition) is 1. The van der Waals surface area contributed by atoms with E-state index < -0.39 is 23.5 Å². The van der Waals surface area contributed by atoms with Gasteiger partial charge in [-0.3, -0.25) is 4.79 Å². The number of benzene rings is 6. The van der Waals surface area contributed by atoms with Crippen molar-refractivity contribution in [2.24, 2.45) is 0 Å². The molecule has 0 aromatic heterocycles. The molecule has 0 spiro atoms. The second-order valence-electron chi connectivity index (χ2n) is 11.4. The first kappa shape index (κ1) is 34.0. The Morgan fingerprint density at radius 2 is 1.08 bits per heavy atom. The first-order valence-electron chi connectivity index (χ1n) is 15.3. The van der Waals surface area contributed by atoms with Gasteiger partial charge < -0.3 is 10.4 Å². The van der Waals surface area contributed by atoms with E-state index in [0.717, 1.165) is 56.9 Å². The summed E-state index contributed by atoms with van der Waals surface area (Å²) in [7, 11) is 0. The molecule has 6 aromatic carbocycles. The van der Waals surface area contributed by atoms with Crippen LogP contribution in [0.1, 0.15) is 33.5 Å². The topological polar surface area (TPSA) is 49.3 Å². The number of hydrogen-bond donors (Lipinski definition) is 3. The largest absolute Gasteiger partial charge is 0.416 e. The minimum atomic E-state index is -4.41. The molecule has 0 saturated carbocycles. The summed E-state index contributed by atoms with van der Waals surface area (Å²) in [6.45, 7) is 0.386. The maximum atomic E-state index is 13.0. The fraction of sp³-hybridized carbons (Fsp3) is 0.128. The number of alkyl halides is 6. The van der Waals surface area contributed by atoms with E-state index in [-0.39, 0.29) is 11.0 Å². The van der Waals surface area contributed by atoms with Crippen LogP contribution in [0.15, 0.2) is 121 Å². The molecule has 1 amide bonds. The van der Waals surface area contributed by atoms with Gasteiger partial charge in [-0.25, -0.2) is 0 Å². The molecule has 0 aliphatic carbocycles. The molecule has 2 N–H and O–H groups in total. The fourth-order valence-electron chi connectivity index (χ4n) is 5.69. The Morgan fingerprint density at radius 1 is 0.612 bits per heavy atom. The summed E-state index contributed by atoms with van der Waals surface area (Å²) in [6.07, 6.45) is -8.21.